The van der Waals surface area contributed by atoms with Crippen LogP contribution in [0.2, 0.25) is 0 Å². The summed E-state index contributed by atoms with van der Waals surface area (Å²) in [6.45, 7) is 12.1. The molecule has 0 amide bonds. The van der Waals surface area contributed by atoms with Gasteiger partial charge in [0.2, 0.25) is 0 Å². The van der Waals surface area contributed by atoms with E-state index in [0.717, 1.165) is 19.5 Å². The lowest BCUT2D eigenvalue weighted by Crippen LogP contribution is -2.39. The Morgan fingerprint density at radius 2 is 1.86 bits per heavy atom. The fraction of sp³-hybridized carbons (Fsp3) is 0.824. The summed E-state index contributed by atoms with van der Waals surface area (Å²) in [5.41, 5.74) is 7.74. The van der Waals surface area contributed by atoms with E-state index in [1.807, 2.05) is 11.3 Å². The molecule has 1 aliphatic rings. The summed E-state index contributed by atoms with van der Waals surface area (Å²) in [5.74, 6) is 0.517. The number of nitrogens with two attached hydrogens (primary N) is 1. The number of nitrogens with zero attached hydrogens (tertiary/aromatic N) is 2. The summed E-state index contributed by atoms with van der Waals surface area (Å²) in [5, 5.41) is 1.20. The maximum absolute atomic E-state index is 5.92. The van der Waals surface area contributed by atoms with E-state index in [9.17, 15) is 0 Å². The third-order valence-electron chi connectivity index (χ3n) is 5.58. The zero-order chi connectivity index (χ0) is 15.5. The number of rotatable bonds is 6. The van der Waals surface area contributed by atoms with Crippen molar-refractivity contribution in [3.05, 3.63) is 10.6 Å². The molecule has 3 nitrogen and oxygen atoms in total. The Morgan fingerprint density at radius 3 is 2.33 bits per heavy atom. The molecule has 0 aliphatic carbocycles. The van der Waals surface area contributed by atoms with Crippen LogP contribution < -0.4 is 10.6 Å². The summed E-state index contributed by atoms with van der Waals surface area (Å²) in [6.07, 6.45) is 6.35. The molecule has 1 unspecified atom stereocenters. The molecule has 4 heteroatoms. The van der Waals surface area contributed by atoms with Gasteiger partial charge in [-0.3, -0.25) is 0 Å². The molecule has 0 aromatic carbocycles. The molecular weight excluding hydrogens is 278 g/mol. The van der Waals surface area contributed by atoms with Gasteiger partial charge in [0.1, 0.15) is 0 Å². The van der Waals surface area contributed by atoms with Crippen LogP contribution in [0, 0.1) is 5.41 Å². The van der Waals surface area contributed by atoms with Crippen LogP contribution in [0.3, 0.4) is 0 Å². The molecule has 21 heavy (non-hydrogen) atoms. The lowest BCUT2D eigenvalue weighted by atomic mass is 9.74. The first-order valence-corrected chi connectivity index (χ1v) is 9.35. The van der Waals surface area contributed by atoms with E-state index in [4.69, 9.17) is 10.7 Å². The lowest BCUT2D eigenvalue weighted by molar-refractivity contribution is 0.199. The van der Waals surface area contributed by atoms with Crippen LogP contribution in [-0.4, -0.2) is 18.1 Å². The van der Waals surface area contributed by atoms with Crippen LogP contribution in [0.25, 0.3) is 0 Å². The van der Waals surface area contributed by atoms with Gasteiger partial charge in [0.05, 0.1) is 5.69 Å². The topological polar surface area (TPSA) is 42.2 Å². The van der Waals surface area contributed by atoms with Crippen molar-refractivity contribution in [3.63, 3.8) is 0 Å². The van der Waals surface area contributed by atoms with Gasteiger partial charge in [-0.05, 0) is 30.6 Å². The number of hydrogen-bond donors (Lipinski definition) is 1. The van der Waals surface area contributed by atoms with E-state index in [2.05, 4.69) is 32.6 Å². The third-order valence-corrected chi connectivity index (χ3v) is 6.73. The third kappa shape index (κ3) is 3.42. The van der Waals surface area contributed by atoms with Crippen LogP contribution in [0.15, 0.2) is 0 Å². The minimum atomic E-state index is 0.517. The Labute approximate surface area is 133 Å². The van der Waals surface area contributed by atoms with Crippen molar-refractivity contribution in [3.8, 4) is 0 Å². The minimum Gasteiger partial charge on any atom is -0.348 e. The van der Waals surface area contributed by atoms with Crippen LogP contribution in [0.4, 0.5) is 5.13 Å². The SMILES string of the molecule is CCC(C)c1nc(N2CCC(CC)(CC)CC2)sc1CN. The first kappa shape index (κ1) is 16.8. The maximum Gasteiger partial charge on any atom is 0.185 e. The van der Waals surface area contributed by atoms with Crippen molar-refractivity contribution < 1.29 is 0 Å². The van der Waals surface area contributed by atoms with Crippen LogP contribution in [-0.2, 0) is 6.54 Å². The van der Waals surface area contributed by atoms with E-state index in [-0.39, 0.29) is 0 Å². The second kappa shape index (κ2) is 7.10. The van der Waals surface area contributed by atoms with Crippen molar-refractivity contribution in [1.82, 2.24) is 4.98 Å². The summed E-state index contributed by atoms with van der Waals surface area (Å²) >= 11 is 1.81. The van der Waals surface area contributed by atoms with Gasteiger partial charge >= 0.3 is 0 Å². The van der Waals surface area contributed by atoms with Gasteiger partial charge in [-0.25, -0.2) is 4.98 Å². The van der Waals surface area contributed by atoms with Gasteiger partial charge in [-0.15, -0.1) is 11.3 Å². The quantitative estimate of drug-likeness (QED) is 0.840. The zero-order valence-corrected chi connectivity index (χ0v) is 14.9. The lowest BCUT2D eigenvalue weighted by Gasteiger charge is -2.41. The highest BCUT2D eigenvalue weighted by molar-refractivity contribution is 7.15. The molecule has 1 fully saturated rings. The molecule has 1 saturated heterocycles. The summed E-state index contributed by atoms with van der Waals surface area (Å²) in [6, 6.07) is 0. The molecule has 1 aromatic heterocycles. The van der Waals surface area contributed by atoms with Crippen LogP contribution in [0.1, 0.15) is 76.3 Å². The van der Waals surface area contributed by atoms with Gasteiger partial charge in [-0.2, -0.15) is 0 Å². The Morgan fingerprint density at radius 1 is 1.24 bits per heavy atom. The summed E-state index contributed by atoms with van der Waals surface area (Å²) in [7, 11) is 0. The maximum atomic E-state index is 5.92. The van der Waals surface area contributed by atoms with Crippen LogP contribution >= 0.6 is 11.3 Å². The van der Waals surface area contributed by atoms with Gasteiger partial charge in [0.25, 0.3) is 0 Å². The van der Waals surface area contributed by atoms with Gasteiger partial charge < -0.3 is 10.6 Å². The van der Waals surface area contributed by atoms with Crippen molar-refractivity contribution in [1.29, 1.82) is 0 Å². The Balaban J connectivity index is 2.12. The molecule has 2 N–H and O–H groups in total. The van der Waals surface area contributed by atoms with Crippen molar-refractivity contribution in [2.24, 2.45) is 11.1 Å². The Bertz CT molecular complexity index is 441. The largest absolute Gasteiger partial charge is 0.348 e. The molecule has 0 bridgehead atoms. The smallest absolute Gasteiger partial charge is 0.185 e. The normalized spacial score (nSPS) is 19.8. The fourth-order valence-electron chi connectivity index (χ4n) is 3.34. The second-order valence-corrected chi connectivity index (χ2v) is 7.57. The Hall–Kier alpha value is -0.610. The van der Waals surface area contributed by atoms with E-state index in [0.29, 0.717) is 17.9 Å². The predicted molar refractivity (Wildman–Crippen MR) is 93.2 cm³/mol. The molecule has 1 atom stereocenters. The number of anilines is 1. The number of aromatic nitrogens is 1. The highest BCUT2D eigenvalue weighted by Crippen LogP contribution is 2.40. The van der Waals surface area contributed by atoms with E-state index < -0.39 is 0 Å². The van der Waals surface area contributed by atoms with E-state index >= 15 is 0 Å². The van der Waals surface area contributed by atoms with Crippen molar-refractivity contribution in [2.45, 2.75) is 72.3 Å². The molecule has 1 aliphatic heterocycles. The fourth-order valence-corrected chi connectivity index (χ4v) is 4.45. The standard InChI is InChI=1S/C17H31N3S/c1-5-13(4)15-14(12-18)21-16(19-15)20-10-8-17(6-2,7-3)9-11-20/h13H,5-12,18H2,1-4H3. The van der Waals surface area contributed by atoms with Gasteiger partial charge in [0, 0.05) is 24.5 Å². The summed E-state index contributed by atoms with van der Waals surface area (Å²) < 4.78 is 0. The molecule has 2 rings (SSSR count). The summed E-state index contributed by atoms with van der Waals surface area (Å²) in [4.78, 5) is 8.70. The average molecular weight is 310 g/mol. The predicted octanol–water partition coefficient (Wildman–Crippen LogP) is 4.52. The van der Waals surface area contributed by atoms with Crippen LogP contribution in [0.5, 0.6) is 0 Å². The molecular formula is C17H31N3S. The second-order valence-electron chi connectivity index (χ2n) is 6.51. The molecule has 2 heterocycles. The zero-order valence-electron chi connectivity index (χ0n) is 14.1. The number of piperidine rings is 1. The molecule has 0 saturated carbocycles. The van der Waals surface area contributed by atoms with Crippen molar-refractivity contribution in [2.75, 3.05) is 18.0 Å². The number of thiazole rings is 1. The molecule has 120 valence electrons. The average Bonchev–Trinajstić information content (AvgIpc) is 2.98. The Kier molecular flexibility index (Phi) is 5.67. The minimum absolute atomic E-state index is 0.517. The van der Waals surface area contributed by atoms with Crippen molar-refractivity contribution >= 4 is 16.5 Å². The first-order valence-electron chi connectivity index (χ1n) is 8.53. The van der Waals surface area contributed by atoms with E-state index in [1.165, 1.54) is 41.4 Å². The molecule has 1 aromatic rings. The molecule has 0 spiro atoms. The molecule has 0 radical (unpaired) electrons. The van der Waals surface area contributed by atoms with Gasteiger partial charge in [-0.1, -0.05) is 40.5 Å². The highest BCUT2D eigenvalue weighted by Gasteiger charge is 2.32. The first-order chi connectivity index (χ1) is 10.1. The number of hydrogen-bond acceptors (Lipinski definition) is 4. The monoisotopic (exact) mass is 309 g/mol. The highest BCUT2D eigenvalue weighted by atomic mass is 32.1. The van der Waals surface area contributed by atoms with E-state index in [1.54, 1.807) is 0 Å². The van der Waals surface area contributed by atoms with Gasteiger partial charge in [0.15, 0.2) is 5.13 Å².